The first-order valence-corrected chi connectivity index (χ1v) is 18.2. The number of hydrogen-bond donors (Lipinski definition) is 2. The number of nitrogens with zero attached hydrogens (tertiary/aromatic N) is 2. The molecule has 7 nitrogen and oxygen atoms in total. The van der Waals surface area contributed by atoms with Gasteiger partial charge in [-0.3, -0.25) is 14.6 Å². The summed E-state index contributed by atoms with van der Waals surface area (Å²) in [7, 11) is 1.57. The van der Waals surface area contributed by atoms with Gasteiger partial charge in [0.1, 0.15) is 24.7 Å². The Morgan fingerprint density at radius 3 is 2.87 bits per heavy atom. The van der Waals surface area contributed by atoms with Gasteiger partial charge < -0.3 is 19.4 Å². The van der Waals surface area contributed by atoms with E-state index in [1.807, 2.05) is 0 Å². The summed E-state index contributed by atoms with van der Waals surface area (Å²) in [5, 5.41) is 1.27. The fraction of sp³-hybridized carbons (Fsp3) is 0.525. The zero-order valence-corrected chi connectivity index (χ0v) is 27.8. The molecule has 2 aromatic carbocycles. The minimum atomic E-state index is -0.420. The van der Waals surface area contributed by atoms with Crippen molar-refractivity contribution in [2.24, 2.45) is 29.6 Å². The Bertz CT molecular complexity index is 1830. The maximum absolute atomic E-state index is 14.3. The molecule has 6 aliphatic heterocycles. The number of piperidine rings is 2. The molecule has 5 fully saturated rings. The summed E-state index contributed by atoms with van der Waals surface area (Å²) in [4.78, 5) is 25.0. The highest BCUT2D eigenvalue weighted by molar-refractivity contribution is 5.91. The molecule has 244 valence electrons. The summed E-state index contributed by atoms with van der Waals surface area (Å²) >= 11 is 0. The van der Waals surface area contributed by atoms with Crippen LogP contribution in [0.3, 0.4) is 0 Å². The Kier molecular flexibility index (Phi) is 6.27. The molecule has 47 heavy (non-hydrogen) atoms. The van der Waals surface area contributed by atoms with Crippen LogP contribution in [-0.4, -0.2) is 67.5 Å². The highest BCUT2D eigenvalue weighted by Gasteiger charge is 2.70. The van der Waals surface area contributed by atoms with Gasteiger partial charge in [0.15, 0.2) is 0 Å². The minimum Gasteiger partial charge on any atom is -0.469 e. The second-order valence-corrected chi connectivity index (χ2v) is 15.5. The number of nitrogens with one attached hydrogen (secondary N) is 2. The number of allylic oxidation sites excluding steroid dienone is 1. The van der Waals surface area contributed by atoms with Crippen LogP contribution in [0.5, 0.6) is 0 Å². The quantitative estimate of drug-likeness (QED) is 0.311. The van der Waals surface area contributed by atoms with Crippen molar-refractivity contribution in [3.05, 3.63) is 83.2 Å². The van der Waals surface area contributed by atoms with Crippen LogP contribution >= 0.6 is 0 Å². The SMILES string of the molecule is CC=C1C[NH+]2C=Cc3c([nH]c4ccccc34)C2C[C@@H]1[C@@H](C(=O)OC)[C@@H]1OC[C@H]2[C@H]3C[C@@H]4N(CC[C@@]45c4ccccc4N1[C@@H]25)C[C@H]3CC. The van der Waals surface area contributed by atoms with Gasteiger partial charge in [0, 0.05) is 70.5 Å². The van der Waals surface area contributed by atoms with E-state index in [4.69, 9.17) is 9.47 Å². The average Bonchev–Trinajstić information content (AvgIpc) is 3.80. The third kappa shape index (κ3) is 3.66. The molecule has 2 bridgehead atoms. The van der Waals surface area contributed by atoms with Crippen LogP contribution in [0.25, 0.3) is 17.0 Å². The van der Waals surface area contributed by atoms with Crippen molar-refractivity contribution < 1.29 is 19.2 Å². The number of H-pyrrole nitrogens is 1. The normalized spacial score (nSPS) is 39.3. The van der Waals surface area contributed by atoms with Crippen molar-refractivity contribution in [3.63, 3.8) is 0 Å². The number of anilines is 1. The third-order valence-corrected chi connectivity index (χ3v) is 14.1. The van der Waals surface area contributed by atoms with Crippen molar-refractivity contribution >= 4 is 28.6 Å². The van der Waals surface area contributed by atoms with Crippen LogP contribution in [0.1, 0.15) is 62.4 Å². The first kappa shape index (κ1) is 28.6. The van der Waals surface area contributed by atoms with Crippen LogP contribution in [-0.2, 0) is 19.7 Å². The van der Waals surface area contributed by atoms with Crippen molar-refractivity contribution in [3.8, 4) is 0 Å². The summed E-state index contributed by atoms with van der Waals surface area (Å²) in [5.74, 6) is 1.31. The number of quaternary nitrogens is 1. The zero-order chi connectivity index (χ0) is 31.6. The molecule has 1 spiro atoms. The van der Waals surface area contributed by atoms with Crippen LogP contribution in [0, 0.1) is 29.6 Å². The van der Waals surface area contributed by atoms with E-state index in [1.54, 1.807) is 7.11 Å². The van der Waals surface area contributed by atoms with Gasteiger partial charge in [-0.25, -0.2) is 0 Å². The van der Waals surface area contributed by atoms with E-state index in [0.717, 1.165) is 19.6 Å². The average molecular weight is 632 g/mol. The molecule has 2 N–H and O–H groups in total. The van der Waals surface area contributed by atoms with E-state index >= 15 is 0 Å². The maximum Gasteiger partial charge on any atom is 0.313 e. The maximum atomic E-state index is 14.3. The van der Waals surface area contributed by atoms with Gasteiger partial charge in [0.05, 0.1) is 25.6 Å². The largest absolute Gasteiger partial charge is 0.469 e. The number of esters is 1. The van der Waals surface area contributed by atoms with Gasteiger partial charge in [-0.2, -0.15) is 0 Å². The van der Waals surface area contributed by atoms with Crippen molar-refractivity contribution in [1.82, 2.24) is 9.88 Å². The van der Waals surface area contributed by atoms with Gasteiger partial charge >= 0.3 is 5.97 Å². The zero-order valence-electron chi connectivity index (χ0n) is 27.8. The number of aromatic amines is 1. The molecule has 1 aliphatic carbocycles. The van der Waals surface area contributed by atoms with Crippen molar-refractivity contribution in [1.29, 1.82) is 0 Å². The monoisotopic (exact) mass is 631 g/mol. The molecule has 7 heteroatoms. The second-order valence-electron chi connectivity index (χ2n) is 15.5. The van der Waals surface area contributed by atoms with Crippen molar-refractivity contribution in [2.75, 3.05) is 38.3 Å². The highest BCUT2D eigenvalue weighted by atomic mass is 16.5. The predicted molar refractivity (Wildman–Crippen MR) is 183 cm³/mol. The number of ether oxygens (including phenoxy) is 2. The van der Waals surface area contributed by atoms with E-state index in [0.29, 0.717) is 29.8 Å². The summed E-state index contributed by atoms with van der Waals surface area (Å²) < 4.78 is 12.9. The van der Waals surface area contributed by atoms with Crippen LogP contribution in [0.15, 0.2) is 66.4 Å². The van der Waals surface area contributed by atoms with Crippen LogP contribution < -0.4 is 9.80 Å². The summed E-state index contributed by atoms with van der Waals surface area (Å²) in [5.41, 5.74) is 8.00. The first-order valence-electron chi connectivity index (χ1n) is 18.2. The number of aromatic nitrogens is 1. The standard InChI is InChI=1S/C40H46N4O3/c1-4-23-21-43-17-15-40-30-11-7-9-13-32(30)44-37(40)29(27(23)19-34(40)43)22-47-38(44)35(39(45)46-3)28-18-33-36-26(14-16-42(33)20-24(28)5-2)25-10-6-8-12-31(25)41-36/h5-14,16,23,27-29,33-35,37-38,41H,4,15,17-22H2,1-3H3/p+1/t23-,27+,28+,29+,33?,34+,35-,37+,38+,40-/m1/s1. The highest BCUT2D eigenvalue weighted by Crippen LogP contribution is 2.65. The summed E-state index contributed by atoms with van der Waals surface area (Å²) in [6.45, 7) is 8.55. The molecule has 3 aromatic rings. The van der Waals surface area contributed by atoms with E-state index in [2.05, 4.69) is 95.5 Å². The predicted octanol–water partition coefficient (Wildman–Crippen LogP) is 5.07. The van der Waals surface area contributed by atoms with Gasteiger partial charge in [0.25, 0.3) is 0 Å². The summed E-state index contributed by atoms with van der Waals surface area (Å²) in [6.07, 6.45) is 11.1. The molecule has 1 aromatic heterocycles. The summed E-state index contributed by atoms with van der Waals surface area (Å²) in [6, 6.07) is 19.0. The Morgan fingerprint density at radius 2 is 2.02 bits per heavy atom. The lowest BCUT2D eigenvalue weighted by Gasteiger charge is -2.61. The van der Waals surface area contributed by atoms with Crippen molar-refractivity contribution in [2.45, 2.75) is 69.3 Å². The number of methoxy groups -OCH3 is 1. The Hall–Kier alpha value is -3.39. The fourth-order valence-corrected chi connectivity index (χ4v) is 12.3. The van der Waals surface area contributed by atoms with E-state index < -0.39 is 5.92 Å². The lowest BCUT2D eigenvalue weighted by Crippen LogP contribution is -3.09. The van der Waals surface area contributed by atoms with E-state index in [9.17, 15) is 4.79 Å². The second kappa shape index (κ2) is 10.3. The van der Waals surface area contributed by atoms with Gasteiger partial charge in [0.2, 0.25) is 0 Å². The molecule has 0 radical (unpaired) electrons. The van der Waals surface area contributed by atoms with Crippen LogP contribution in [0.2, 0.25) is 0 Å². The number of fused-ring (bicyclic) bond motifs is 9. The number of carbonyl (C=O) groups excluding carboxylic acids is 1. The topological polar surface area (TPSA) is 62.2 Å². The third-order valence-electron chi connectivity index (χ3n) is 14.1. The molecule has 7 heterocycles. The van der Waals surface area contributed by atoms with Gasteiger partial charge in [-0.15, -0.1) is 0 Å². The number of para-hydroxylation sites is 2. The van der Waals surface area contributed by atoms with E-state index in [-0.39, 0.29) is 29.6 Å². The Morgan fingerprint density at radius 1 is 1.17 bits per heavy atom. The number of rotatable bonds is 4. The van der Waals surface area contributed by atoms with Gasteiger partial charge in [-0.1, -0.05) is 55.8 Å². The lowest BCUT2D eigenvalue weighted by molar-refractivity contribution is -0.882. The van der Waals surface area contributed by atoms with Crippen LogP contribution in [0.4, 0.5) is 5.69 Å². The smallest absolute Gasteiger partial charge is 0.313 e. The Balaban J connectivity index is 1.09. The Labute approximate surface area is 277 Å². The van der Waals surface area contributed by atoms with Gasteiger partial charge in [-0.05, 0) is 61.4 Å². The molecule has 4 saturated heterocycles. The van der Waals surface area contributed by atoms with E-state index in [1.165, 1.54) is 76.2 Å². The number of hydrogen-bond acceptors (Lipinski definition) is 5. The number of benzene rings is 2. The molecule has 2 unspecified atom stereocenters. The molecule has 10 rings (SSSR count). The molecule has 7 aliphatic rings. The fourth-order valence-electron chi connectivity index (χ4n) is 12.3. The molecule has 11 atom stereocenters. The molecular formula is C40H47N4O3+. The molecular weight excluding hydrogens is 584 g/mol. The molecule has 1 saturated carbocycles. The minimum absolute atomic E-state index is 0.0174. The first-order chi connectivity index (χ1) is 23.1. The number of carbonyl (C=O) groups is 1. The molecule has 0 amide bonds. The lowest BCUT2D eigenvalue weighted by atomic mass is 9.54.